The van der Waals surface area contributed by atoms with Crippen LogP contribution < -0.4 is 5.32 Å². The maximum absolute atomic E-state index is 13.0. The van der Waals surface area contributed by atoms with Crippen molar-refractivity contribution in [1.29, 1.82) is 0 Å². The van der Waals surface area contributed by atoms with Gasteiger partial charge in [-0.3, -0.25) is 9.69 Å². The molecule has 0 unspecified atom stereocenters. The lowest BCUT2D eigenvalue weighted by Crippen LogP contribution is -2.40. The minimum absolute atomic E-state index is 0.0325. The van der Waals surface area contributed by atoms with Gasteiger partial charge in [0.15, 0.2) is 0 Å². The van der Waals surface area contributed by atoms with E-state index in [1.165, 1.54) is 12.1 Å². The molecule has 0 saturated carbocycles. The molecule has 1 atom stereocenters. The van der Waals surface area contributed by atoms with E-state index in [-0.39, 0.29) is 17.6 Å². The van der Waals surface area contributed by atoms with Gasteiger partial charge < -0.3 is 5.32 Å². The smallest absolute Gasteiger partial charge is 0.228 e. The van der Waals surface area contributed by atoms with Gasteiger partial charge in [0, 0.05) is 23.8 Å². The van der Waals surface area contributed by atoms with E-state index in [9.17, 15) is 9.18 Å². The summed E-state index contributed by atoms with van der Waals surface area (Å²) in [7, 11) is 0. The number of nitrogens with zero attached hydrogens (tertiary/aromatic N) is 1. The second kappa shape index (κ2) is 7.77. The van der Waals surface area contributed by atoms with Crippen molar-refractivity contribution < 1.29 is 9.18 Å². The van der Waals surface area contributed by atoms with Crippen LogP contribution in [0.25, 0.3) is 0 Å². The van der Waals surface area contributed by atoms with Crippen LogP contribution in [0.5, 0.6) is 0 Å². The minimum Gasteiger partial charge on any atom is -0.326 e. The molecule has 5 heteroatoms. The highest BCUT2D eigenvalue weighted by atomic mass is 35.5. The number of carbonyl (C=O) groups excluding carboxylic acids is 1. The first kappa shape index (κ1) is 16.9. The van der Waals surface area contributed by atoms with Gasteiger partial charge >= 0.3 is 0 Å². The van der Waals surface area contributed by atoms with Crippen LogP contribution in [-0.4, -0.2) is 23.9 Å². The molecule has 2 aromatic rings. The molecule has 3 nitrogen and oxygen atoms in total. The van der Waals surface area contributed by atoms with Gasteiger partial charge in [-0.05, 0) is 61.3 Å². The molecule has 0 aromatic heterocycles. The van der Waals surface area contributed by atoms with E-state index in [1.807, 2.05) is 0 Å². The Balaban J connectivity index is 1.57. The Labute approximate surface area is 146 Å². The van der Waals surface area contributed by atoms with E-state index in [0.29, 0.717) is 5.02 Å². The average molecular weight is 347 g/mol. The summed E-state index contributed by atoms with van der Waals surface area (Å²) >= 11 is 5.86. The topological polar surface area (TPSA) is 32.3 Å². The van der Waals surface area contributed by atoms with E-state index in [4.69, 9.17) is 11.6 Å². The SMILES string of the molecule is O=C(Nc1ccc(Cl)cc1)[C@@H]1CCCN(Cc2ccc(F)cc2)C1. The Bertz CT molecular complexity index is 688. The first-order chi connectivity index (χ1) is 11.6. The number of amides is 1. The average Bonchev–Trinajstić information content (AvgIpc) is 2.59. The predicted octanol–water partition coefficient (Wildman–Crippen LogP) is 4.33. The summed E-state index contributed by atoms with van der Waals surface area (Å²) in [5.41, 5.74) is 1.83. The Morgan fingerprint density at radius 1 is 1.17 bits per heavy atom. The number of likely N-dealkylation sites (tertiary alicyclic amines) is 1. The fourth-order valence-electron chi connectivity index (χ4n) is 3.04. The molecule has 24 heavy (non-hydrogen) atoms. The Hall–Kier alpha value is -1.91. The maximum atomic E-state index is 13.0. The van der Waals surface area contributed by atoms with Crippen LogP contribution in [0.2, 0.25) is 5.02 Å². The number of hydrogen-bond donors (Lipinski definition) is 1. The number of piperidine rings is 1. The molecule has 1 aliphatic heterocycles. The van der Waals surface area contributed by atoms with Gasteiger partial charge in [-0.1, -0.05) is 23.7 Å². The van der Waals surface area contributed by atoms with Crippen molar-refractivity contribution in [3.8, 4) is 0 Å². The molecule has 0 spiro atoms. The van der Waals surface area contributed by atoms with Crippen molar-refractivity contribution in [3.05, 3.63) is 64.9 Å². The lowest BCUT2D eigenvalue weighted by molar-refractivity contribution is -0.121. The summed E-state index contributed by atoms with van der Waals surface area (Å²) in [4.78, 5) is 14.7. The molecule has 0 radical (unpaired) electrons. The van der Waals surface area contributed by atoms with Crippen molar-refractivity contribution in [1.82, 2.24) is 4.90 Å². The molecule has 1 amide bonds. The largest absolute Gasteiger partial charge is 0.326 e. The van der Waals surface area contributed by atoms with Crippen LogP contribution in [-0.2, 0) is 11.3 Å². The van der Waals surface area contributed by atoms with Crippen molar-refractivity contribution in [3.63, 3.8) is 0 Å². The third-order valence-corrected chi connectivity index (χ3v) is 4.56. The van der Waals surface area contributed by atoms with E-state index in [1.54, 1.807) is 36.4 Å². The second-order valence-electron chi connectivity index (χ2n) is 6.20. The summed E-state index contributed by atoms with van der Waals surface area (Å²) in [5, 5.41) is 3.61. The predicted molar refractivity (Wildman–Crippen MR) is 94.5 cm³/mol. The van der Waals surface area contributed by atoms with Crippen molar-refractivity contribution in [2.45, 2.75) is 19.4 Å². The first-order valence-corrected chi connectivity index (χ1v) is 8.51. The normalized spacial score (nSPS) is 18.3. The van der Waals surface area contributed by atoms with E-state index in [0.717, 1.165) is 43.7 Å². The fourth-order valence-corrected chi connectivity index (χ4v) is 3.16. The number of hydrogen-bond acceptors (Lipinski definition) is 2. The third-order valence-electron chi connectivity index (χ3n) is 4.31. The summed E-state index contributed by atoms with van der Waals surface area (Å²) in [6, 6.07) is 13.7. The minimum atomic E-state index is -0.224. The summed E-state index contributed by atoms with van der Waals surface area (Å²) in [6.07, 6.45) is 1.87. The molecule has 1 saturated heterocycles. The summed E-state index contributed by atoms with van der Waals surface area (Å²) < 4.78 is 13.0. The van der Waals surface area contributed by atoms with Gasteiger partial charge in [-0.2, -0.15) is 0 Å². The van der Waals surface area contributed by atoms with E-state index >= 15 is 0 Å². The lowest BCUT2D eigenvalue weighted by atomic mass is 9.96. The number of rotatable bonds is 4. The number of anilines is 1. The molecule has 3 rings (SSSR count). The zero-order valence-corrected chi connectivity index (χ0v) is 14.1. The number of carbonyl (C=O) groups is 1. The Morgan fingerprint density at radius 2 is 1.88 bits per heavy atom. The van der Waals surface area contributed by atoms with Crippen LogP contribution in [0.4, 0.5) is 10.1 Å². The van der Waals surface area contributed by atoms with Crippen LogP contribution in [0.15, 0.2) is 48.5 Å². The van der Waals surface area contributed by atoms with E-state index < -0.39 is 0 Å². The van der Waals surface area contributed by atoms with Gasteiger partial charge in [0.05, 0.1) is 5.92 Å². The molecule has 0 aliphatic carbocycles. The van der Waals surface area contributed by atoms with Crippen LogP contribution >= 0.6 is 11.6 Å². The highest BCUT2D eigenvalue weighted by Crippen LogP contribution is 2.21. The van der Waals surface area contributed by atoms with E-state index in [2.05, 4.69) is 10.2 Å². The van der Waals surface area contributed by atoms with Gasteiger partial charge in [0.25, 0.3) is 0 Å². The molecular weight excluding hydrogens is 327 g/mol. The van der Waals surface area contributed by atoms with Crippen molar-refractivity contribution >= 4 is 23.2 Å². The fraction of sp³-hybridized carbons (Fsp3) is 0.316. The summed E-state index contributed by atoms with van der Waals surface area (Å²) in [5.74, 6) is -0.214. The second-order valence-corrected chi connectivity index (χ2v) is 6.63. The van der Waals surface area contributed by atoms with Gasteiger partial charge in [-0.15, -0.1) is 0 Å². The van der Waals surface area contributed by atoms with Crippen LogP contribution in [0.1, 0.15) is 18.4 Å². The number of benzene rings is 2. The van der Waals surface area contributed by atoms with Gasteiger partial charge in [0.1, 0.15) is 5.82 Å². The monoisotopic (exact) mass is 346 g/mol. The third kappa shape index (κ3) is 4.56. The van der Waals surface area contributed by atoms with Crippen LogP contribution in [0, 0.1) is 11.7 Å². The molecule has 2 aromatic carbocycles. The zero-order valence-electron chi connectivity index (χ0n) is 13.3. The lowest BCUT2D eigenvalue weighted by Gasteiger charge is -2.32. The molecule has 1 heterocycles. The van der Waals surface area contributed by atoms with Crippen molar-refractivity contribution in [2.24, 2.45) is 5.92 Å². The molecular formula is C19H20ClFN2O. The Kier molecular flexibility index (Phi) is 5.48. The standard InChI is InChI=1S/C19H20ClFN2O/c20-16-5-9-18(10-6-16)22-19(24)15-2-1-11-23(13-15)12-14-3-7-17(21)8-4-14/h3-10,15H,1-2,11-13H2,(H,22,24)/t15-/m1/s1. The zero-order chi connectivity index (χ0) is 16.9. The summed E-state index contributed by atoms with van der Waals surface area (Å²) in [6.45, 7) is 2.42. The van der Waals surface area contributed by atoms with Crippen LogP contribution in [0.3, 0.4) is 0 Å². The maximum Gasteiger partial charge on any atom is 0.228 e. The highest BCUT2D eigenvalue weighted by molar-refractivity contribution is 6.30. The number of nitrogens with one attached hydrogen (secondary N) is 1. The molecule has 1 aliphatic rings. The van der Waals surface area contributed by atoms with Gasteiger partial charge in [-0.25, -0.2) is 4.39 Å². The first-order valence-electron chi connectivity index (χ1n) is 8.13. The molecule has 1 N–H and O–H groups in total. The molecule has 1 fully saturated rings. The molecule has 0 bridgehead atoms. The number of halogens is 2. The van der Waals surface area contributed by atoms with Crippen molar-refractivity contribution in [2.75, 3.05) is 18.4 Å². The highest BCUT2D eigenvalue weighted by Gasteiger charge is 2.25. The van der Waals surface area contributed by atoms with Gasteiger partial charge in [0.2, 0.25) is 5.91 Å². The quantitative estimate of drug-likeness (QED) is 0.893. The molecule has 126 valence electrons. The Morgan fingerprint density at radius 3 is 2.58 bits per heavy atom.